The van der Waals surface area contributed by atoms with Crippen LogP contribution in [-0.4, -0.2) is 104 Å². The molecule has 0 aromatic rings. The smallest absolute Gasteiger partial charge is 0.220 e. The molecule has 8 atom stereocenters. The number of hydrogen-bond acceptors (Lipinski definition) is 9. The summed E-state index contributed by atoms with van der Waals surface area (Å²) in [5, 5.41) is 63.1. The van der Waals surface area contributed by atoms with E-state index in [1.807, 2.05) is 0 Å². The first-order chi connectivity index (χ1) is 24.5. The lowest BCUT2D eigenvalue weighted by Crippen LogP contribution is -2.64. The molecular weight excluding hydrogens is 657 g/mol. The summed E-state index contributed by atoms with van der Waals surface area (Å²) >= 11 is 0. The van der Waals surface area contributed by atoms with Crippen LogP contribution in [0.4, 0.5) is 4.39 Å². The van der Waals surface area contributed by atoms with Gasteiger partial charge >= 0.3 is 0 Å². The molecule has 3 aliphatic carbocycles. The lowest BCUT2D eigenvalue weighted by molar-refractivity contribution is -0.303. The van der Waals surface area contributed by atoms with Crippen LogP contribution in [0.1, 0.15) is 174 Å². The largest absolute Gasteiger partial charge is 0.394 e. The Hall–Kier alpha value is -0.920. The maximum absolute atomic E-state index is 13.6. The zero-order valence-corrected chi connectivity index (χ0v) is 31.7. The maximum Gasteiger partial charge on any atom is 0.220 e. The molecule has 4 fully saturated rings. The average Bonchev–Trinajstić information content (AvgIpc) is 3.09. The van der Waals surface area contributed by atoms with Gasteiger partial charge in [-0.15, -0.1) is 0 Å². The normalized spacial score (nSPS) is 30.3. The van der Waals surface area contributed by atoms with E-state index in [9.17, 15) is 39.8 Å². The van der Waals surface area contributed by atoms with E-state index in [4.69, 9.17) is 9.47 Å². The molecule has 51 heavy (non-hydrogen) atoms. The summed E-state index contributed by atoms with van der Waals surface area (Å²) < 4.78 is 24.5. The molecule has 10 nitrogen and oxygen atoms in total. The average molecular weight is 732 g/mol. The van der Waals surface area contributed by atoms with Crippen LogP contribution in [0.25, 0.3) is 0 Å². The number of ether oxygens (including phenoxy) is 2. The molecule has 1 saturated heterocycles. The molecular formula is C40H74FNO9. The Kier molecular flexibility index (Phi) is 20.7. The van der Waals surface area contributed by atoms with Crippen molar-refractivity contribution in [3.8, 4) is 0 Å². The van der Waals surface area contributed by atoms with Crippen LogP contribution < -0.4 is 5.32 Å². The Balaban J connectivity index is 1.08. The van der Waals surface area contributed by atoms with E-state index in [0.717, 1.165) is 38.5 Å². The topological polar surface area (TPSA) is 169 Å². The van der Waals surface area contributed by atoms with Gasteiger partial charge in [-0.1, -0.05) is 129 Å². The lowest BCUT2D eigenvalue weighted by Gasteiger charge is -2.66. The Labute approximate surface area is 307 Å². The molecule has 300 valence electrons. The number of carbonyl (C=O) groups is 1. The summed E-state index contributed by atoms with van der Waals surface area (Å²) in [6.07, 6.45) is 19.9. The van der Waals surface area contributed by atoms with Crippen LogP contribution in [0.2, 0.25) is 0 Å². The van der Waals surface area contributed by atoms with Crippen LogP contribution in [0.15, 0.2) is 0 Å². The molecule has 0 spiro atoms. The fraction of sp³-hybridized carbons (Fsp3) is 0.975. The number of alkyl halides is 1. The summed E-state index contributed by atoms with van der Waals surface area (Å²) in [5.41, 5.74) is -0.289. The SMILES string of the molecule is CC[C@@H](O)[C@@H](O)[C@H](COC1OC(CO)C(O)C(O)C1O)NC(=O)CCCCCCCCCCCCCCCCCCCCCCC12CC(F)(C1)C2. The first-order valence-electron chi connectivity index (χ1n) is 20.8. The highest BCUT2D eigenvalue weighted by atomic mass is 19.1. The quantitative estimate of drug-likeness (QED) is 0.0430. The first-order valence-corrected chi connectivity index (χ1v) is 20.8. The number of aliphatic hydroxyl groups excluding tert-OH is 6. The van der Waals surface area contributed by atoms with Gasteiger partial charge in [-0.25, -0.2) is 4.39 Å². The third-order valence-electron chi connectivity index (χ3n) is 11.8. The maximum atomic E-state index is 13.6. The zero-order valence-electron chi connectivity index (χ0n) is 31.7. The van der Waals surface area contributed by atoms with Gasteiger partial charge < -0.3 is 45.4 Å². The predicted octanol–water partition coefficient (Wildman–Crippen LogP) is 5.89. The Morgan fingerprint density at radius 2 is 1.20 bits per heavy atom. The minimum atomic E-state index is -1.60. The summed E-state index contributed by atoms with van der Waals surface area (Å²) in [5.74, 6) is -0.281. The van der Waals surface area contributed by atoms with Crippen molar-refractivity contribution in [1.29, 1.82) is 0 Å². The fourth-order valence-corrected chi connectivity index (χ4v) is 8.51. The molecule has 4 aliphatic rings. The van der Waals surface area contributed by atoms with Crippen molar-refractivity contribution in [2.45, 2.75) is 228 Å². The van der Waals surface area contributed by atoms with Crippen molar-refractivity contribution >= 4 is 5.91 Å². The second-order valence-corrected chi connectivity index (χ2v) is 16.4. The third-order valence-corrected chi connectivity index (χ3v) is 11.8. The van der Waals surface area contributed by atoms with Crippen LogP contribution >= 0.6 is 0 Å². The number of amides is 1. The molecule has 0 aromatic carbocycles. The molecule has 11 heteroatoms. The number of unbranched alkanes of at least 4 members (excludes halogenated alkanes) is 19. The van der Waals surface area contributed by atoms with Crippen molar-refractivity contribution in [2.75, 3.05) is 13.2 Å². The van der Waals surface area contributed by atoms with Gasteiger partial charge in [0.1, 0.15) is 36.2 Å². The molecule has 3 saturated carbocycles. The Bertz CT molecular complexity index is 922. The highest BCUT2D eigenvalue weighted by molar-refractivity contribution is 5.76. The lowest BCUT2D eigenvalue weighted by atomic mass is 9.41. The molecule has 2 bridgehead atoms. The minimum absolute atomic E-state index is 0.252. The third kappa shape index (κ3) is 15.4. The van der Waals surface area contributed by atoms with Gasteiger partial charge in [0.25, 0.3) is 0 Å². The molecule has 0 radical (unpaired) electrons. The number of halogens is 1. The highest BCUT2D eigenvalue weighted by Gasteiger charge is 2.68. The van der Waals surface area contributed by atoms with Crippen molar-refractivity contribution in [2.24, 2.45) is 5.41 Å². The fourth-order valence-electron chi connectivity index (χ4n) is 8.51. The first kappa shape index (κ1) is 44.5. The van der Waals surface area contributed by atoms with E-state index in [1.165, 1.54) is 109 Å². The van der Waals surface area contributed by atoms with Crippen molar-refractivity contribution in [3.63, 3.8) is 0 Å². The summed E-state index contributed by atoms with van der Waals surface area (Å²) in [6.45, 7) is 0.778. The van der Waals surface area contributed by atoms with Gasteiger partial charge in [0.05, 0.1) is 25.4 Å². The van der Waals surface area contributed by atoms with Crippen LogP contribution in [0.3, 0.4) is 0 Å². The van der Waals surface area contributed by atoms with Gasteiger partial charge in [-0.2, -0.15) is 0 Å². The summed E-state index contributed by atoms with van der Waals surface area (Å²) in [7, 11) is 0. The van der Waals surface area contributed by atoms with Crippen LogP contribution in [0.5, 0.6) is 0 Å². The standard InChI is InChI=1S/C40H74FNO9/c1-2-31(44)34(46)30(26-50-38-37(49)36(48)35(47)32(25-43)51-38)42-33(45)23-21-19-17-15-13-11-9-7-5-3-4-6-8-10-12-14-16-18-20-22-24-39-27-40(41,28-39)29-39/h30-32,34-38,43-44,46-49H,2-29H2,1H3,(H,42,45)/t30-,31+,32?,34-,35?,36?,37?,38?,39?,40?/m0/s1. The zero-order chi connectivity index (χ0) is 37.1. The van der Waals surface area contributed by atoms with E-state index in [2.05, 4.69) is 5.32 Å². The Morgan fingerprint density at radius 1 is 0.745 bits per heavy atom. The molecule has 4 rings (SSSR count). The number of nitrogens with one attached hydrogen (secondary N) is 1. The second-order valence-electron chi connectivity index (χ2n) is 16.4. The van der Waals surface area contributed by atoms with E-state index >= 15 is 0 Å². The molecule has 1 heterocycles. The summed E-state index contributed by atoms with van der Waals surface area (Å²) in [6, 6.07) is -0.989. The van der Waals surface area contributed by atoms with Crippen molar-refractivity contribution in [3.05, 3.63) is 0 Å². The van der Waals surface area contributed by atoms with Crippen molar-refractivity contribution in [1.82, 2.24) is 5.32 Å². The highest BCUT2D eigenvalue weighted by Crippen LogP contribution is 2.71. The van der Waals surface area contributed by atoms with E-state index < -0.39 is 61.2 Å². The molecule has 0 aromatic heterocycles. The number of carbonyl (C=O) groups excluding carboxylic acids is 1. The van der Waals surface area contributed by atoms with Gasteiger partial charge in [0.15, 0.2) is 6.29 Å². The minimum Gasteiger partial charge on any atom is -0.394 e. The van der Waals surface area contributed by atoms with Crippen LogP contribution in [0, 0.1) is 5.41 Å². The monoisotopic (exact) mass is 732 g/mol. The number of hydrogen-bond donors (Lipinski definition) is 7. The number of aliphatic hydroxyl groups is 6. The molecule has 1 aliphatic heterocycles. The van der Waals surface area contributed by atoms with Gasteiger partial charge in [0.2, 0.25) is 5.91 Å². The predicted molar refractivity (Wildman–Crippen MR) is 196 cm³/mol. The molecule has 7 N–H and O–H groups in total. The Morgan fingerprint density at radius 3 is 1.63 bits per heavy atom. The van der Waals surface area contributed by atoms with E-state index in [0.29, 0.717) is 11.8 Å². The van der Waals surface area contributed by atoms with Gasteiger partial charge in [0, 0.05) is 6.42 Å². The van der Waals surface area contributed by atoms with E-state index in [-0.39, 0.29) is 25.4 Å². The molecule has 5 unspecified atom stereocenters. The van der Waals surface area contributed by atoms with Gasteiger partial charge in [-0.05, 0) is 43.9 Å². The summed E-state index contributed by atoms with van der Waals surface area (Å²) in [4.78, 5) is 12.7. The second kappa shape index (κ2) is 23.8. The van der Waals surface area contributed by atoms with E-state index in [1.54, 1.807) is 6.92 Å². The molecule has 1 amide bonds. The van der Waals surface area contributed by atoms with Crippen molar-refractivity contribution < 1.29 is 49.3 Å². The van der Waals surface area contributed by atoms with Gasteiger partial charge in [-0.3, -0.25) is 4.79 Å². The van der Waals surface area contributed by atoms with Crippen LogP contribution in [-0.2, 0) is 14.3 Å². The number of rotatable bonds is 31.